The Morgan fingerprint density at radius 3 is 2.50 bits per heavy atom. The standard InChI is InChI=1S/C13H20O/c1-3-5-6-7-11-8-9-12(4-2)13(14)10-11/h8-10,14H,3-7H2,1-2H3. The first-order valence-electron chi connectivity index (χ1n) is 5.58. The van der Waals surface area contributed by atoms with Gasteiger partial charge in [0.05, 0.1) is 0 Å². The number of unbranched alkanes of at least 4 members (excludes halogenated alkanes) is 2. The number of phenolic OH excluding ortho intramolecular Hbond substituents is 1. The fourth-order valence-electron chi connectivity index (χ4n) is 1.64. The van der Waals surface area contributed by atoms with E-state index < -0.39 is 0 Å². The van der Waals surface area contributed by atoms with Crippen LogP contribution in [0.1, 0.15) is 44.2 Å². The van der Waals surface area contributed by atoms with Crippen molar-refractivity contribution >= 4 is 0 Å². The summed E-state index contributed by atoms with van der Waals surface area (Å²) in [7, 11) is 0. The highest BCUT2D eigenvalue weighted by Gasteiger charge is 2.00. The van der Waals surface area contributed by atoms with Crippen molar-refractivity contribution in [2.75, 3.05) is 0 Å². The van der Waals surface area contributed by atoms with E-state index in [9.17, 15) is 5.11 Å². The molecule has 78 valence electrons. The fourth-order valence-corrected chi connectivity index (χ4v) is 1.64. The van der Waals surface area contributed by atoms with Crippen LogP contribution < -0.4 is 0 Å². The molecule has 1 aromatic carbocycles. The summed E-state index contributed by atoms with van der Waals surface area (Å²) in [5, 5.41) is 9.65. The highest BCUT2D eigenvalue weighted by molar-refractivity contribution is 5.36. The maximum absolute atomic E-state index is 9.65. The molecule has 0 atom stereocenters. The lowest BCUT2D eigenvalue weighted by molar-refractivity contribution is 0.468. The molecule has 0 fully saturated rings. The van der Waals surface area contributed by atoms with Crippen molar-refractivity contribution in [1.82, 2.24) is 0 Å². The molecule has 1 N–H and O–H groups in total. The van der Waals surface area contributed by atoms with Crippen LogP contribution in [0.2, 0.25) is 0 Å². The second-order valence-corrected chi connectivity index (χ2v) is 3.77. The van der Waals surface area contributed by atoms with Gasteiger partial charge < -0.3 is 5.11 Å². The fraction of sp³-hybridized carbons (Fsp3) is 0.538. The number of hydrogen-bond donors (Lipinski definition) is 1. The number of benzene rings is 1. The molecule has 0 bridgehead atoms. The average Bonchev–Trinajstić information content (AvgIpc) is 2.18. The summed E-state index contributed by atoms with van der Waals surface area (Å²) in [4.78, 5) is 0. The van der Waals surface area contributed by atoms with Gasteiger partial charge in [0.25, 0.3) is 0 Å². The predicted molar refractivity (Wildman–Crippen MR) is 60.7 cm³/mol. The summed E-state index contributed by atoms with van der Waals surface area (Å²) < 4.78 is 0. The summed E-state index contributed by atoms with van der Waals surface area (Å²) in [5.41, 5.74) is 2.30. The summed E-state index contributed by atoms with van der Waals surface area (Å²) in [6.07, 6.45) is 5.74. The van der Waals surface area contributed by atoms with Crippen molar-refractivity contribution in [2.45, 2.75) is 46.0 Å². The first kappa shape index (κ1) is 11.1. The molecule has 0 saturated heterocycles. The summed E-state index contributed by atoms with van der Waals surface area (Å²) in [6.45, 7) is 4.27. The molecule has 0 aliphatic rings. The summed E-state index contributed by atoms with van der Waals surface area (Å²) in [5.74, 6) is 0.460. The van der Waals surface area contributed by atoms with E-state index in [1.54, 1.807) is 0 Å². The monoisotopic (exact) mass is 192 g/mol. The molecule has 0 saturated carbocycles. The largest absolute Gasteiger partial charge is 0.508 e. The number of aryl methyl sites for hydroxylation is 2. The maximum atomic E-state index is 9.65. The topological polar surface area (TPSA) is 20.2 Å². The molecule has 0 heterocycles. The van der Waals surface area contributed by atoms with Gasteiger partial charge >= 0.3 is 0 Å². The Morgan fingerprint density at radius 1 is 1.14 bits per heavy atom. The van der Waals surface area contributed by atoms with Gasteiger partial charge in [-0.15, -0.1) is 0 Å². The van der Waals surface area contributed by atoms with E-state index in [0.29, 0.717) is 5.75 Å². The molecule has 0 aromatic heterocycles. The second-order valence-electron chi connectivity index (χ2n) is 3.77. The third-order valence-electron chi connectivity index (χ3n) is 2.60. The van der Waals surface area contributed by atoms with Crippen molar-refractivity contribution in [3.05, 3.63) is 29.3 Å². The van der Waals surface area contributed by atoms with Gasteiger partial charge in [-0.3, -0.25) is 0 Å². The molecule has 0 unspecified atom stereocenters. The van der Waals surface area contributed by atoms with Crippen LogP contribution in [0.25, 0.3) is 0 Å². The van der Waals surface area contributed by atoms with Crippen LogP contribution in [0.15, 0.2) is 18.2 Å². The van der Waals surface area contributed by atoms with Gasteiger partial charge in [-0.2, -0.15) is 0 Å². The minimum absolute atomic E-state index is 0.460. The normalized spacial score (nSPS) is 10.4. The van der Waals surface area contributed by atoms with Crippen molar-refractivity contribution in [3.63, 3.8) is 0 Å². The zero-order chi connectivity index (χ0) is 10.4. The highest BCUT2D eigenvalue weighted by atomic mass is 16.3. The lowest BCUT2D eigenvalue weighted by Gasteiger charge is -2.05. The second kappa shape index (κ2) is 5.69. The zero-order valence-electron chi connectivity index (χ0n) is 9.21. The molecule has 14 heavy (non-hydrogen) atoms. The first-order chi connectivity index (χ1) is 6.77. The van der Waals surface area contributed by atoms with Crippen molar-refractivity contribution in [3.8, 4) is 5.75 Å². The quantitative estimate of drug-likeness (QED) is 0.705. The van der Waals surface area contributed by atoms with Gasteiger partial charge in [-0.1, -0.05) is 38.8 Å². The van der Waals surface area contributed by atoms with Crippen LogP contribution in [0, 0.1) is 0 Å². The van der Waals surface area contributed by atoms with E-state index in [0.717, 1.165) is 18.4 Å². The smallest absolute Gasteiger partial charge is 0.119 e. The average molecular weight is 192 g/mol. The Balaban J connectivity index is 2.57. The van der Waals surface area contributed by atoms with Crippen LogP contribution in [-0.4, -0.2) is 5.11 Å². The summed E-state index contributed by atoms with van der Waals surface area (Å²) in [6, 6.07) is 6.08. The minimum Gasteiger partial charge on any atom is -0.508 e. The molecule has 1 rings (SSSR count). The molecule has 1 heteroatoms. The molecule has 0 amide bonds. The number of phenols is 1. The van der Waals surface area contributed by atoms with Crippen molar-refractivity contribution in [1.29, 1.82) is 0 Å². The number of hydrogen-bond acceptors (Lipinski definition) is 1. The molecule has 1 nitrogen and oxygen atoms in total. The van der Waals surface area contributed by atoms with E-state index in [1.165, 1.54) is 24.8 Å². The van der Waals surface area contributed by atoms with Gasteiger partial charge in [-0.25, -0.2) is 0 Å². The summed E-state index contributed by atoms with van der Waals surface area (Å²) >= 11 is 0. The molecule has 0 aliphatic heterocycles. The van der Waals surface area contributed by atoms with E-state index in [2.05, 4.69) is 19.9 Å². The first-order valence-corrected chi connectivity index (χ1v) is 5.58. The predicted octanol–water partition coefficient (Wildman–Crippen LogP) is 3.69. The molecule has 0 radical (unpaired) electrons. The number of aromatic hydroxyl groups is 1. The van der Waals surface area contributed by atoms with Crippen LogP contribution >= 0.6 is 0 Å². The lowest BCUT2D eigenvalue weighted by Crippen LogP contribution is -1.88. The van der Waals surface area contributed by atoms with E-state index in [1.807, 2.05) is 12.1 Å². The Kier molecular flexibility index (Phi) is 4.51. The van der Waals surface area contributed by atoms with Crippen LogP contribution in [-0.2, 0) is 12.8 Å². The van der Waals surface area contributed by atoms with Gasteiger partial charge in [0.1, 0.15) is 5.75 Å². The molecule has 0 spiro atoms. The van der Waals surface area contributed by atoms with Gasteiger partial charge in [0, 0.05) is 0 Å². The Morgan fingerprint density at radius 2 is 1.93 bits per heavy atom. The Bertz CT molecular complexity index is 279. The minimum atomic E-state index is 0.460. The SMILES string of the molecule is CCCCCc1ccc(CC)c(O)c1. The Labute approximate surface area is 86.8 Å². The van der Waals surface area contributed by atoms with Crippen molar-refractivity contribution in [2.24, 2.45) is 0 Å². The third-order valence-corrected chi connectivity index (χ3v) is 2.60. The van der Waals surface area contributed by atoms with Crippen LogP contribution in [0.5, 0.6) is 5.75 Å². The van der Waals surface area contributed by atoms with E-state index in [-0.39, 0.29) is 0 Å². The number of rotatable bonds is 5. The van der Waals surface area contributed by atoms with Crippen LogP contribution in [0.3, 0.4) is 0 Å². The Hall–Kier alpha value is -0.980. The molecular weight excluding hydrogens is 172 g/mol. The highest BCUT2D eigenvalue weighted by Crippen LogP contribution is 2.20. The third kappa shape index (κ3) is 3.06. The lowest BCUT2D eigenvalue weighted by atomic mass is 10.0. The van der Waals surface area contributed by atoms with Crippen molar-refractivity contribution < 1.29 is 5.11 Å². The molecule has 1 aromatic rings. The maximum Gasteiger partial charge on any atom is 0.119 e. The van der Waals surface area contributed by atoms with Gasteiger partial charge in [0.15, 0.2) is 0 Å². The molecule has 0 aliphatic carbocycles. The van der Waals surface area contributed by atoms with Crippen LogP contribution in [0.4, 0.5) is 0 Å². The zero-order valence-corrected chi connectivity index (χ0v) is 9.21. The van der Waals surface area contributed by atoms with E-state index >= 15 is 0 Å². The molecular formula is C13H20O. The van der Waals surface area contributed by atoms with Gasteiger partial charge in [0.2, 0.25) is 0 Å². The van der Waals surface area contributed by atoms with E-state index in [4.69, 9.17) is 0 Å². The van der Waals surface area contributed by atoms with Gasteiger partial charge in [-0.05, 0) is 36.5 Å².